The molecule has 0 radical (unpaired) electrons. The first kappa shape index (κ1) is 15.4. The maximum Gasteiger partial charge on any atom is 0.267 e. The maximum atomic E-state index is 12.3. The third kappa shape index (κ3) is 3.49. The Morgan fingerprint density at radius 1 is 1.30 bits per heavy atom. The first-order valence-electron chi connectivity index (χ1n) is 7.42. The van der Waals surface area contributed by atoms with Gasteiger partial charge in [-0.3, -0.25) is 15.0 Å². The number of ether oxygens (including phenoxy) is 1. The lowest BCUT2D eigenvalue weighted by atomic mass is 10.3. The summed E-state index contributed by atoms with van der Waals surface area (Å²) in [7, 11) is 0. The predicted molar refractivity (Wildman–Crippen MR) is 81.4 cm³/mol. The number of carbonyl (C=O) groups excluding carboxylic acids is 1. The molecule has 1 fully saturated rings. The van der Waals surface area contributed by atoms with E-state index in [1.54, 1.807) is 30.1 Å². The van der Waals surface area contributed by atoms with Crippen LogP contribution in [0.2, 0.25) is 0 Å². The van der Waals surface area contributed by atoms with Crippen molar-refractivity contribution < 1.29 is 13.9 Å². The summed E-state index contributed by atoms with van der Waals surface area (Å²) < 4.78 is 11.7. The van der Waals surface area contributed by atoms with Gasteiger partial charge in [0, 0.05) is 19.2 Å². The molecular weight excluding hydrogens is 300 g/mol. The van der Waals surface area contributed by atoms with Gasteiger partial charge in [-0.25, -0.2) is 9.69 Å². The van der Waals surface area contributed by atoms with Gasteiger partial charge in [-0.05, 0) is 25.1 Å². The number of furan rings is 1. The summed E-state index contributed by atoms with van der Waals surface area (Å²) in [5.41, 5.74) is 2.95. The number of aromatic nitrogens is 2. The molecule has 0 unspecified atom stereocenters. The van der Waals surface area contributed by atoms with Crippen LogP contribution < -0.4 is 11.0 Å². The van der Waals surface area contributed by atoms with Crippen LogP contribution in [-0.4, -0.2) is 47.0 Å². The van der Waals surface area contributed by atoms with E-state index < -0.39 is 6.04 Å². The van der Waals surface area contributed by atoms with Crippen LogP contribution in [-0.2, 0) is 9.53 Å². The van der Waals surface area contributed by atoms with Crippen LogP contribution in [0.1, 0.15) is 13.0 Å². The minimum atomic E-state index is -0.736. The van der Waals surface area contributed by atoms with E-state index >= 15 is 0 Å². The lowest BCUT2D eigenvalue weighted by Crippen LogP contribution is -2.50. The summed E-state index contributed by atoms with van der Waals surface area (Å²) in [6, 6.07) is 5.70. The highest BCUT2D eigenvalue weighted by Crippen LogP contribution is 2.16. The molecular formula is C15H18N4O4. The predicted octanol–water partition coefficient (Wildman–Crippen LogP) is 0.428. The SMILES string of the molecule is C[C@@H](C(=O)NN1CCOCC1)n1nc(-c2ccco2)ccc1=O. The van der Waals surface area contributed by atoms with Gasteiger partial charge in [0.2, 0.25) is 0 Å². The molecule has 1 saturated heterocycles. The summed E-state index contributed by atoms with van der Waals surface area (Å²) >= 11 is 0. The summed E-state index contributed by atoms with van der Waals surface area (Å²) in [6.07, 6.45) is 1.53. The number of hydrogen-bond donors (Lipinski definition) is 1. The second-order valence-electron chi connectivity index (χ2n) is 5.23. The van der Waals surface area contributed by atoms with E-state index in [4.69, 9.17) is 9.15 Å². The first-order chi connectivity index (χ1) is 11.1. The molecule has 0 bridgehead atoms. The van der Waals surface area contributed by atoms with Crippen molar-refractivity contribution in [3.05, 3.63) is 40.9 Å². The highest BCUT2D eigenvalue weighted by atomic mass is 16.5. The molecule has 0 aliphatic carbocycles. The van der Waals surface area contributed by atoms with Crippen LogP contribution in [0.3, 0.4) is 0 Å². The fourth-order valence-corrected chi connectivity index (χ4v) is 2.29. The van der Waals surface area contributed by atoms with Crippen LogP contribution in [0.4, 0.5) is 0 Å². The normalized spacial score (nSPS) is 16.9. The van der Waals surface area contributed by atoms with Gasteiger partial charge in [0.25, 0.3) is 11.5 Å². The third-order valence-corrected chi connectivity index (χ3v) is 3.62. The molecule has 8 nitrogen and oxygen atoms in total. The zero-order valence-corrected chi connectivity index (χ0v) is 12.8. The Morgan fingerprint density at radius 3 is 2.78 bits per heavy atom. The van der Waals surface area contributed by atoms with Crippen LogP contribution in [0, 0.1) is 0 Å². The first-order valence-corrected chi connectivity index (χ1v) is 7.42. The van der Waals surface area contributed by atoms with Gasteiger partial charge < -0.3 is 9.15 Å². The number of hydrazine groups is 1. The van der Waals surface area contributed by atoms with Crippen molar-refractivity contribution in [3.8, 4) is 11.5 Å². The molecule has 1 aliphatic rings. The van der Waals surface area contributed by atoms with Crippen LogP contribution in [0.5, 0.6) is 0 Å². The Kier molecular flexibility index (Phi) is 4.54. The Morgan fingerprint density at radius 2 is 2.09 bits per heavy atom. The van der Waals surface area contributed by atoms with Gasteiger partial charge in [-0.15, -0.1) is 0 Å². The molecule has 0 aromatic carbocycles. The Labute approximate surface area is 132 Å². The largest absolute Gasteiger partial charge is 0.463 e. The smallest absolute Gasteiger partial charge is 0.267 e. The number of nitrogens with zero attached hydrogens (tertiary/aromatic N) is 3. The molecule has 1 atom stereocenters. The number of hydrogen-bond acceptors (Lipinski definition) is 6. The molecule has 23 heavy (non-hydrogen) atoms. The van der Waals surface area contributed by atoms with Crippen LogP contribution in [0.15, 0.2) is 39.7 Å². The number of morpholine rings is 1. The highest BCUT2D eigenvalue weighted by Gasteiger charge is 2.21. The number of nitrogens with one attached hydrogen (secondary N) is 1. The van der Waals surface area contributed by atoms with Crippen molar-refractivity contribution in [1.82, 2.24) is 20.2 Å². The van der Waals surface area contributed by atoms with E-state index in [0.29, 0.717) is 37.8 Å². The zero-order chi connectivity index (χ0) is 16.2. The van der Waals surface area contributed by atoms with Crippen LogP contribution >= 0.6 is 0 Å². The quantitative estimate of drug-likeness (QED) is 0.879. The van der Waals surface area contributed by atoms with Crippen molar-refractivity contribution in [2.45, 2.75) is 13.0 Å². The lowest BCUT2D eigenvalue weighted by Gasteiger charge is -2.28. The zero-order valence-electron chi connectivity index (χ0n) is 12.8. The van der Waals surface area contributed by atoms with E-state index in [9.17, 15) is 9.59 Å². The minimum Gasteiger partial charge on any atom is -0.463 e. The molecule has 8 heteroatoms. The molecule has 3 rings (SSSR count). The molecule has 0 spiro atoms. The van der Waals surface area contributed by atoms with E-state index in [0.717, 1.165) is 4.68 Å². The topological polar surface area (TPSA) is 89.6 Å². The minimum absolute atomic E-state index is 0.293. The highest BCUT2D eigenvalue weighted by molar-refractivity contribution is 5.79. The van der Waals surface area contributed by atoms with E-state index in [1.165, 1.54) is 12.3 Å². The fraction of sp³-hybridized carbons (Fsp3) is 0.400. The molecule has 122 valence electrons. The molecule has 2 aromatic heterocycles. The maximum absolute atomic E-state index is 12.3. The van der Waals surface area contributed by atoms with Crippen molar-refractivity contribution in [1.29, 1.82) is 0 Å². The lowest BCUT2D eigenvalue weighted by molar-refractivity contribution is -0.131. The van der Waals surface area contributed by atoms with E-state index in [2.05, 4.69) is 10.5 Å². The fourth-order valence-electron chi connectivity index (χ4n) is 2.29. The second-order valence-corrected chi connectivity index (χ2v) is 5.23. The van der Waals surface area contributed by atoms with E-state index in [1.807, 2.05) is 0 Å². The van der Waals surface area contributed by atoms with Gasteiger partial charge in [0.15, 0.2) is 5.76 Å². The third-order valence-electron chi connectivity index (χ3n) is 3.62. The molecule has 1 aliphatic heterocycles. The van der Waals surface area contributed by atoms with Crippen molar-refractivity contribution >= 4 is 5.91 Å². The standard InChI is InChI=1S/C15H18N4O4/c1-11(15(21)17-18-6-9-22-10-7-18)19-14(20)5-4-12(16-19)13-3-2-8-23-13/h2-5,8,11H,6-7,9-10H2,1H3,(H,17,21)/t11-/m0/s1. The van der Waals surface area contributed by atoms with E-state index in [-0.39, 0.29) is 11.5 Å². The summed E-state index contributed by atoms with van der Waals surface area (Å²) in [5, 5.41) is 6.02. The molecule has 2 aromatic rings. The molecule has 3 heterocycles. The van der Waals surface area contributed by atoms with Gasteiger partial charge in [0.05, 0.1) is 19.5 Å². The molecule has 1 amide bonds. The van der Waals surface area contributed by atoms with Gasteiger partial charge in [0.1, 0.15) is 11.7 Å². The average Bonchev–Trinajstić information content (AvgIpc) is 3.10. The van der Waals surface area contributed by atoms with Crippen LogP contribution in [0.25, 0.3) is 11.5 Å². The Bertz CT molecular complexity index is 719. The Hall–Kier alpha value is -2.45. The summed E-state index contributed by atoms with van der Waals surface area (Å²) in [5.74, 6) is 0.248. The second kappa shape index (κ2) is 6.76. The number of carbonyl (C=O) groups is 1. The van der Waals surface area contributed by atoms with Gasteiger partial charge >= 0.3 is 0 Å². The number of amides is 1. The molecule has 0 saturated carbocycles. The van der Waals surface area contributed by atoms with Gasteiger partial charge in [-0.2, -0.15) is 5.10 Å². The van der Waals surface area contributed by atoms with Crippen molar-refractivity contribution in [3.63, 3.8) is 0 Å². The monoisotopic (exact) mass is 318 g/mol. The summed E-state index contributed by atoms with van der Waals surface area (Å²) in [6.45, 7) is 4.01. The Balaban J connectivity index is 1.78. The summed E-state index contributed by atoms with van der Waals surface area (Å²) in [4.78, 5) is 24.4. The van der Waals surface area contributed by atoms with Gasteiger partial charge in [-0.1, -0.05) is 0 Å². The van der Waals surface area contributed by atoms with Crippen molar-refractivity contribution in [2.24, 2.45) is 0 Å². The molecule has 1 N–H and O–H groups in total. The van der Waals surface area contributed by atoms with Crippen molar-refractivity contribution in [2.75, 3.05) is 26.3 Å². The average molecular weight is 318 g/mol. The number of rotatable bonds is 4.